The van der Waals surface area contributed by atoms with Gasteiger partial charge in [0.1, 0.15) is 6.04 Å². The average Bonchev–Trinajstić information content (AvgIpc) is 2.71. The fourth-order valence-electron chi connectivity index (χ4n) is 2.84. The van der Waals surface area contributed by atoms with Crippen molar-refractivity contribution >= 4 is 58.4 Å². The second kappa shape index (κ2) is 11.7. The Morgan fingerprint density at radius 2 is 1.69 bits per heavy atom. The summed E-state index contributed by atoms with van der Waals surface area (Å²) in [6.07, 6.45) is 0.524. The van der Waals surface area contributed by atoms with E-state index in [1.165, 1.54) is 11.8 Å². The van der Waals surface area contributed by atoms with E-state index >= 15 is 0 Å². The summed E-state index contributed by atoms with van der Waals surface area (Å²) in [5.74, 6) is 0.597. The zero-order valence-electron chi connectivity index (χ0n) is 16.3. The van der Waals surface area contributed by atoms with Gasteiger partial charge in [0.25, 0.3) is 0 Å². The summed E-state index contributed by atoms with van der Waals surface area (Å²) in [5.41, 5.74) is 1.90. The number of thioether (sulfide) groups is 1. The first kappa shape index (κ1) is 23.9. The van der Waals surface area contributed by atoms with Crippen molar-refractivity contribution in [2.24, 2.45) is 0 Å². The van der Waals surface area contributed by atoms with Crippen LogP contribution in [0.2, 0.25) is 15.1 Å². The first-order valence-electron chi connectivity index (χ1n) is 9.12. The van der Waals surface area contributed by atoms with Crippen LogP contribution >= 0.6 is 46.6 Å². The zero-order chi connectivity index (χ0) is 21.4. The van der Waals surface area contributed by atoms with Crippen LogP contribution in [0.4, 0.5) is 0 Å². The highest BCUT2D eigenvalue weighted by Crippen LogP contribution is 2.25. The van der Waals surface area contributed by atoms with Crippen LogP contribution in [0.3, 0.4) is 0 Å². The molecule has 0 radical (unpaired) electrons. The molecule has 4 nitrogen and oxygen atoms in total. The maximum atomic E-state index is 13.0. The maximum Gasteiger partial charge on any atom is 0.242 e. The third-order valence-electron chi connectivity index (χ3n) is 4.38. The van der Waals surface area contributed by atoms with Gasteiger partial charge in [0.2, 0.25) is 11.8 Å². The molecule has 29 heavy (non-hydrogen) atoms. The first-order valence-corrected chi connectivity index (χ1v) is 11.4. The predicted molar refractivity (Wildman–Crippen MR) is 123 cm³/mol. The van der Waals surface area contributed by atoms with Crippen LogP contribution in [0.1, 0.15) is 24.5 Å². The summed E-state index contributed by atoms with van der Waals surface area (Å²) in [4.78, 5) is 27.0. The zero-order valence-corrected chi connectivity index (χ0v) is 19.3. The quantitative estimate of drug-likeness (QED) is 0.528. The lowest BCUT2D eigenvalue weighted by Crippen LogP contribution is -2.48. The van der Waals surface area contributed by atoms with Gasteiger partial charge in [-0.1, -0.05) is 59.9 Å². The molecular weight excluding hydrogens is 451 g/mol. The van der Waals surface area contributed by atoms with Crippen LogP contribution in [-0.4, -0.2) is 35.6 Å². The molecule has 2 amide bonds. The van der Waals surface area contributed by atoms with Gasteiger partial charge in [-0.25, -0.2) is 0 Å². The maximum absolute atomic E-state index is 13.0. The lowest BCUT2D eigenvalue weighted by molar-refractivity contribution is -0.139. The molecule has 2 rings (SSSR count). The van der Waals surface area contributed by atoms with Crippen LogP contribution in [-0.2, 0) is 21.9 Å². The summed E-state index contributed by atoms with van der Waals surface area (Å²) >= 11 is 19.4. The molecule has 0 spiro atoms. The summed E-state index contributed by atoms with van der Waals surface area (Å²) in [7, 11) is 1.58. The van der Waals surface area contributed by atoms with Crippen LogP contribution < -0.4 is 5.32 Å². The van der Waals surface area contributed by atoms with E-state index in [9.17, 15) is 9.59 Å². The molecule has 0 unspecified atom stereocenters. The van der Waals surface area contributed by atoms with Crippen LogP contribution in [0.25, 0.3) is 0 Å². The number of nitrogens with one attached hydrogen (secondary N) is 1. The molecule has 0 saturated carbocycles. The topological polar surface area (TPSA) is 49.4 Å². The number of rotatable bonds is 9. The molecule has 2 aromatic rings. The van der Waals surface area contributed by atoms with Crippen molar-refractivity contribution in [1.82, 2.24) is 10.2 Å². The van der Waals surface area contributed by atoms with E-state index in [-0.39, 0.29) is 17.6 Å². The predicted octanol–water partition coefficient (Wildman–Crippen LogP) is 5.43. The summed E-state index contributed by atoms with van der Waals surface area (Å²) in [6, 6.07) is 12.2. The second-order valence-corrected chi connectivity index (χ2v) is 8.66. The molecule has 0 heterocycles. The first-order chi connectivity index (χ1) is 13.8. The monoisotopic (exact) mass is 472 g/mol. The van der Waals surface area contributed by atoms with E-state index in [1.807, 2.05) is 25.1 Å². The number of nitrogens with zero attached hydrogens (tertiary/aromatic N) is 1. The molecule has 1 atom stereocenters. The third-order valence-corrected chi connectivity index (χ3v) is 6.36. The molecule has 8 heteroatoms. The van der Waals surface area contributed by atoms with Crippen molar-refractivity contribution < 1.29 is 9.59 Å². The molecule has 0 aliphatic carbocycles. The molecule has 0 aliphatic heterocycles. The van der Waals surface area contributed by atoms with Crippen LogP contribution in [0.15, 0.2) is 42.5 Å². The van der Waals surface area contributed by atoms with Gasteiger partial charge in [-0.05, 0) is 41.8 Å². The van der Waals surface area contributed by atoms with Gasteiger partial charge in [0, 0.05) is 24.4 Å². The Hall–Kier alpha value is -1.40. The Kier molecular flexibility index (Phi) is 9.63. The fourth-order valence-corrected chi connectivity index (χ4v) is 4.15. The Balaban J connectivity index is 2.08. The SMILES string of the molecule is CC[C@@H](C(=O)NC)N(Cc1ccc(Cl)cc1)C(=O)CSCc1ccc(Cl)c(Cl)c1. The third kappa shape index (κ3) is 7.10. The Morgan fingerprint density at radius 3 is 2.28 bits per heavy atom. The summed E-state index contributed by atoms with van der Waals surface area (Å²) in [5, 5.41) is 4.27. The van der Waals surface area contributed by atoms with E-state index < -0.39 is 6.04 Å². The molecule has 2 aromatic carbocycles. The van der Waals surface area contributed by atoms with Gasteiger partial charge < -0.3 is 10.2 Å². The lowest BCUT2D eigenvalue weighted by atomic mass is 10.1. The van der Waals surface area contributed by atoms with Crippen LogP contribution in [0.5, 0.6) is 0 Å². The summed E-state index contributed by atoms with van der Waals surface area (Å²) in [6.45, 7) is 2.24. The molecule has 0 aliphatic rings. The van der Waals surface area contributed by atoms with E-state index in [4.69, 9.17) is 34.8 Å². The van der Waals surface area contributed by atoms with E-state index in [2.05, 4.69) is 5.32 Å². The van der Waals surface area contributed by atoms with Gasteiger partial charge in [-0.2, -0.15) is 0 Å². The number of benzene rings is 2. The van der Waals surface area contributed by atoms with Crippen LogP contribution in [0, 0.1) is 0 Å². The highest BCUT2D eigenvalue weighted by Gasteiger charge is 2.27. The van der Waals surface area contributed by atoms with Gasteiger partial charge in [-0.3, -0.25) is 9.59 Å². The molecule has 156 valence electrons. The second-order valence-electron chi connectivity index (χ2n) is 6.43. The molecule has 0 saturated heterocycles. The number of likely N-dealkylation sites (N-methyl/N-ethyl adjacent to an activating group) is 1. The number of halogens is 3. The van der Waals surface area contributed by atoms with Gasteiger partial charge in [0.05, 0.1) is 15.8 Å². The Bertz CT molecular complexity index is 846. The highest BCUT2D eigenvalue weighted by molar-refractivity contribution is 7.99. The minimum atomic E-state index is -0.534. The van der Waals surface area contributed by atoms with E-state index in [0.717, 1.165) is 11.1 Å². The van der Waals surface area contributed by atoms with Crippen molar-refractivity contribution in [2.75, 3.05) is 12.8 Å². The standard InChI is InChI=1S/C21H23Cl3N2O2S/c1-3-19(21(28)25-2)26(11-14-4-7-16(22)8-5-14)20(27)13-29-12-15-6-9-17(23)18(24)10-15/h4-10,19H,3,11-13H2,1-2H3,(H,25,28)/t19-/m0/s1. The van der Waals surface area contributed by atoms with Crippen molar-refractivity contribution in [3.05, 3.63) is 68.7 Å². The molecule has 0 fully saturated rings. The number of hydrogen-bond acceptors (Lipinski definition) is 3. The van der Waals surface area contributed by atoms with Gasteiger partial charge in [0.15, 0.2) is 0 Å². The lowest BCUT2D eigenvalue weighted by Gasteiger charge is -2.30. The van der Waals surface area contributed by atoms with Gasteiger partial charge >= 0.3 is 0 Å². The number of hydrogen-bond donors (Lipinski definition) is 1. The Morgan fingerprint density at radius 1 is 1.03 bits per heavy atom. The normalized spacial score (nSPS) is 11.8. The number of amides is 2. The fraction of sp³-hybridized carbons (Fsp3) is 0.333. The molecule has 0 aromatic heterocycles. The van der Waals surface area contributed by atoms with Crippen molar-refractivity contribution in [3.8, 4) is 0 Å². The smallest absolute Gasteiger partial charge is 0.242 e. The number of carbonyl (C=O) groups is 2. The summed E-state index contributed by atoms with van der Waals surface area (Å²) < 4.78 is 0. The largest absolute Gasteiger partial charge is 0.357 e. The molecule has 0 bridgehead atoms. The van der Waals surface area contributed by atoms with Crippen molar-refractivity contribution in [2.45, 2.75) is 31.7 Å². The Labute approximate surface area is 190 Å². The van der Waals surface area contributed by atoms with E-state index in [1.54, 1.807) is 36.2 Å². The molecule has 1 N–H and O–H groups in total. The van der Waals surface area contributed by atoms with Crippen molar-refractivity contribution in [1.29, 1.82) is 0 Å². The molecular formula is C21H23Cl3N2O2S. The van der Waals surface area contributed by atoms with Gasteiger partial charge in [-0.15, -0.1) is 11.8 Å². The average molecular weight is 474 g/mol. The minimum absolute atomic E-state index is 0.0968. The van der Waals surface area contributed by atoms with Crippen molar-refractivity contribution in [3.63, 3.8) is 0 Å². The highest BCUT2D eigenvalue weighted by atomic mass is 35.5. The van der Waals surface area contributed by atoms with E-state index in [0.29, 0.717) is 33.8 Å². The number of carbonyl (C=O) groups excluding carboxylic acids is 2. The minimum Gasteiger partial charge on any atom is -0.357 e.